The normalized spacial score (nSPS) is 11.1. The van der Waals surface area contributed by atoms with Crippen LogP contribution < -0.4 is 5.56 Å². The van der Waals surface area contributed by atoms with E-state index >= 15 is 0 Å². The van der Waals surface area contributed by atoms with Gasteiger partial charge in [0.2, 0.25) is 5.56 Å². The number of nitrogens with one attached hydrogen (secondary N) is 1. The van der Waals surface area contributed by atoms with Gasteiger partial charge in [0.1, 0.15) is 0 Å². The Hall–Kier alpha value is -2.55. The van der Waals surface area contributed by atoms with Crippen molar-refractivity contribution in [1.82, 2.24) is 4.98 Å². The molecule has 20 heavy (non-hydrogen) atoms. The molecule has 1 aromatic heterocycles. The Morgan fingerprint density at radius 2 is 1.75 bits per heavy atom. The van der Waals surface area contributed by atoms with Crippen molar-refractivity contribution in [2.75, 3.05) is 0 Å². The molecule has 1 N–H and O–H groups in total. The summed E-state index contributed by atoms with van der Waals surface area (Å²) in [6.07, 6.45) is -4.41. The summed E-state index contributed by atoms with van der Waals surface area (Å²) in [4.78, 5) is 13.7. The van der Waals surface area contributed by atoms with E-state index in [1.807, 2.05) is 6.07 Å². The number of nitriles is 1. The molecule has 0 fully saturated rings. The quantitative estimate of drug-likeness (QED) is 0.917. The van der Waals surface area contributed by atoms with Crippen molar-refractivity contribution in [2.45, 2.75) is 12.6 Å². The maximum absolute atomic E-state index is 12.5. The molecule has 0 unspecified atom stereocenters. The third kappa shape index (κ3) is 2.88. The van der Waals surface area contributed by atoms with E-state index in [0.29, 0.717) is 16.8 Å². The van der Waals surface area contributed by atoms with Crippen LogP contribution >= 0.6 is 0 Å². The van der Waals surface area contributed by atoms with Crippen LogP contribution in [0, 0.1) is 11.3 Å². The second-order valence-electron chi connectivity index (χ2n) is 4.12. The van der Waals surface area contributed by atoms with E-state index in [4.69, 9.17) is 5.26 Å². The summed E-state index contributed by atoms with van der Waals surface area (Å²) in [5, 5.41) is 8.71. The number of rotatable bonds is 2. The minimum absolute atomic E-state index is 0.0214. The van der Waals surface area contributed by atoms with Crippen molar-refractivity contribution in [3.8, 4) is 17.2 Å². The molecule has 0 amide bonds. The Morgan fingerprint density at radius 3 is 2.30 bits per heavy atom. The van der Waals surface area contributed by atoms with Crippen LogP contribution in [-0.4, -0.2) is 4.98 Å². The van der Waals surface area contributed by atoms with E-state index in [9.17, 15) is 18.0 Å². The molecule has 0 aliphatic carbocycles. The first-order valence-electron chi connectivity index (χ1n) is 5.68. The lowest BCUT2D eigenvalue weighted by Gasteiger charge is -2.09. The van der Waals surface area contributed by atoms with Crippen molar-refractivity contribution in [3.05, 3.63) is 58.0 Å². The van der Waals surface area contributed by atoms with Crippen LogP contribution in [0.1, 0.15) is 11.3 Å². The van der Waals surface area contributed by atoms with Crippen LogP contribution in [0.5, 0.6) is 0 Å². The van der Waals surface area contributed by atoms with Crippen LogP contribution in [-0.2, 0) is 12.6 Å². The van der Waals surface area contributed by atoms with Gasteiger partial charge in [-0.2, -0.15) is 18.4 Å². The molecule has 6 heteroatoms. The summed E-state index contributed by atoms with van der Waals surface area (Å²) < 4.78 is 37.5. The van der Waals surface area contributed by atoms with Crippen LogP contribution in [0.2, 0.25) is 0 Å². The summed E-state index contributed by atoms with van der Waals surface area (Å²) in [5.74, 6) is 0. The van der Waals surface area contributed by atoms with Gasteiger partial charge in [-0.3, -0.25) is 4.79 Å². The van der Waals surface area contributed by atoms with Crippen molar-refractivity contribution in [3.63, 3.8) is 0 Å². The van der Waals surface area contributed by atoms with Gasteiger partial charge in [-0.15, -0.1) is 0 Å². The molecule has 2 aromatic rings. The maximum atomic E-state index is 12.5. The minimum Gasteiger partial charge on any atom is -0.325 e. The molecular formula is C14H9F3N2O. The number of H-pyrrole nitrogens is 1. The second kappa shape index (κ2) is 5.21. The maximum Gasteiger partial charge on any atom is 0.416 e. The van der Waals surface area contributed by atoms with Gasteiger partial charge in [0.15, 0.2) is 0 Å². The Bertz CT molecular complexity index is 709. The van der Waals surface area contributed by atoms with Crippen molar-refractivity contribution in [2.24, 2.45) is 0 Å². The molecule has 102 valence electrons. The lowest BCUT2D eigenvalue weighted by atomic mass is 10.0. The molecule has 0 radical (unpaired) electrons. The van der Waals surface area contributed by atoms with Gasteiger partial charge >= 0.3 is 6.18 Å². The Morgan fingerprint density at radius 1 is 1.10 bits per heavy atom. The Labute approximate surface area is 112 Å². The highest BCUT2D eigenvalue weighted by atomic mass is 19.4. The standard InChI is InChI=1S/C14H9F3N2O/c15-14(16,17)10-3-1-9(2-4-10)11-5-6-13(20)19-12(11)7-8-18/h1-6H,7H2,(H,19,20). The number of halogens is 3. The van der Waals surface area contributed by atoms with E-state index in [1.54, 1.807) is 0 Å². The van der Waals surface area contributed by atoms with Gasteiger partial charge < -0.3 is 4.98 Å². The Balaban J connectivity index is 2.47. The molecule has 1 heterocycles. The summed E-state index contributed by atoms with van der Waals surface area (Å²) in [5.41, 5.74) is 0.345. The molecule has 0 bridgehead atoms. The number of aromatic amines is 1. The highest BCUT2D eigenvalue weighted by Gasteiger charge is 2.30. The van der Waals surface area contributed by atoms with Gasteiger partial charge in [-0.25, -0.2) is 0 Å². The second-order valence-corrected chi connectivity index (χ2v) is 4.12. The molecule has 0 saturated carbocycles. The first-order valence-corrected chi connectivity index (χ1v) is 5.68. The molecule has 0 aliphatic rings. The number of benzene rings is 1. The SMILES string of the molecule is N#CCc1[nH]c(=O)ccc1-c1ccc(C(F)(F)F)cc1. The number of alkyl halides is 3. The van der Waals surface area contributed by atoms with Gasteiger partial charge in [-0.05, 0) is 23.8 Å². The average Bonchev–Trinajstić information content (AvgIpc) is 2.38. The highest BCUT2D eigenvalue weighted by molar-refractivity contribution is 5.66. The summed E-state index contributed by atoms with van der Waals surface area (Å²) in [6, 6.07) is 9.24. The monoisotopic (exact) mass is 278 g/mol. The first-order chi connectivity index (χ1) is 9.41. The third-order valence-electron chi connectivity index (χ3n) is 2.78. The molecule has 0 aliphatic heterocycles. The van der Waals surface area contributed by atoms with Crippen molar-refractivity contribution in [1.29, 1.82) is 5.26 Å². The van der Waals surface area contributed by atoms with Crippen molar-refractivity contribution >= 4 is 0 Å². The van der Waals surface area contributed by atoms with E-state index in [-0.39, 0.29) is 12.0 Å². The molecular weight excluding hydrogens is 269 g/mol. The van der Waals surface area contributed by atoms with E-state index in [2.05, 4.69) is 4.98 Å². The number of nitrogens with zero attached hydrogens (tertiary/aromatic N) is 1. The summed E-state index contributed by atoms with van der Waals surface area (Å²) in [6.45, 7) is 0. The molecule has 0 atom stereocenters. The number of aromatic nitrogens is 1. The van der Waals surface area contributed by atoms with Crippen LogP contribution in [0.4, 0.5) is 13.2 Å². The third-order valence-corrected chi connectivity index (χ3v) is 2.78. The predicted octanol–water partition coefficient (Wildman–Crippen LogP) is 3.13. The Kier molecular flexibility index (Phi) is 3.61. The fourth-order valence-corrected chi connectivity index (χ4v) is 1.85. The summed E-state index contributed by atoms with van der Waals surface area (Å²) in [7, 11) is 0. The van der Waals surface area contributed by atoms with Gasteiger partial charge in [0.05, 0.1) is 18.1 Å². The first kappa shape index (κ1) is 13.9. The minimum atomic E-state index is -4.39. The fraction of sp³-hybridized carbons (Fsp3) is 0.143. The molecule has 0 saturated heterocycles. The number of pyridine rings is 1. The molecule has 2 rings (SSSR count). The number of hydrogen-bond acceptors (Lipinski definition) is 2. The zero-order valence-electron chi connectivity index (χ0n) is 10.2. The van der Waals surface area contributed by atoms with Gasteiger partial charge in [-0.1, -0.05) is 12.1 Å². The zero-order chi connectivity index (χ0) is 14.8. The predicted molar refractivity (Wildman–Crippen MR) is 66.8 cm³/mol. The molecule has 1 aromatic carbocycles. The van der Waals surface area contributed by atoms with Crippen LogP contribution in [0.3, 0.4) is 0 Å². The summed E-state index contributed by atoms with van der Waals surface area (Å²) >= 11 is 0. The lowest BCUT2D eigenvalue weighted by Crippen LogP contribution is -2.08. The molecule has 0 spiro atoms. The van der Waals surface area contributed by atoms with E-state index < -0.39 is 11.7 Å². The van der Waals surface area contributed by atoms with Crippen LogP contribution in [0.15, 0.2) is 41.2 Å². The molecule has 3 nitrogen and oxygen atoms in total. The zero-order valence-corrected chi connectivity index (χ0v) is 10.2. The van der Waals surface area contributed by atoms with E-state index in [0.717, 1.165) is 12.1 Å². The van der Waals surface area contributed by atoms with Crippen LogP contribution in [0.25, 0.3) is 11.1 Å². The fourth-order valence-electron chi connectivity index (χ4n) is 1.85. The smallest absolute Gasteiger partial charge is 0.325 e. The van der Waals surface area contributed by atoms with Gasteiger partial charge in [0, 0.05) is 17.3 Å². The lowest BCUT2D eigenvalue weighted by molar-refractivity contribution is -0.137. The topological polar surface area (TPSA) is 56.6 Å². The van der Waals surface area contributed by atoms with Crippen molar-refractivity contribution < 1.29 is 13.2 Å². The highest BCUT2D eigenvalue weighted by Crippen LogP contribution is 2.31. The largest absolute Gasteiger partial charge is 0.416 e. The average molecular weight is 278 g/mol. The number of hydrogen-bond donors (Lipinski definition) is 1. The van der Waals surface area contributed by atoms with Gasteiger partial charge in [0.25, 0.3) is 0 Å². The van der Waals surface area contributed by atoms with E-state index in [1.165, 1.54) is 24.3 Å².